The van der Waals surface area contributed by atoms with Crippen molar-refractivity contribution in [3.63, 3.8) is 0 Å². The lowest BCUT2D eigenvalue weighted by Gasteiger charge is -2.27. The van der Waals surface area contributed by atoms with Gasteiger partial charge in [0.25, 0.3) is 5.91 Å². The Labute approximate surface area is 155 Å². The van der Waals surface area contributed by atoms with Crippen molar-refractivity contribution >= 4 is 11.7 Å². The number of benzene rings is 1. The first-order valence-electron chi connectivity index (χ1n) is 9.43. The molecule has 1 heterocycles. The number of unbranched alkanes of at least 4 members (excludes halogenated alkanes) is 2. The van der Waals surface area contributed by atoms with Crippen molar-refractivity contribution in [2.45, 2.75) is 53.0 Å². The normalized spacial score (nSPS) is 17.3. The predicted octanol–water partition coefficient (Wildman–Crippen LogP) is 4.20. The zero-order chi connectivity index (χ0) is 19.3. The number of carbonyl (C=O) groups is 2. The molecule has 0 radical (unpaired) electrons. The predicted molar refractivity (Wildman–Crippen MR) is 101 cm³/mol. The molecule has 1 N–H and O–H groups in total. The number of amides is 1. The Morgan fingerprint density at radius 3 is 2.38 bits per heavy atom. The maximum atomic E-state index is 12.7. The van der Waals surface area contributed by atoms with Gasteiger partial charge in [-0.05, 0) is 31.0 Å². The molecule has 1 atom stereocenters. The van der Waals surface area contributed by atoms with E-state index in [0.29, 0.717) is 13.2 Å². The van der Waals surface area contributed by atoms with Crippen molar-refractivity contribution < 1.29 is 19.4 Å². The van der Waals surface area contributed by atoms with Gasteiger partial charge in [-0.3, -0.25) is 9.59 Å². The van der Waals surface area contributed by atoms with Gasteiger partial charge in [-0.2, -0.15) is 0 Å². The molecule has 0 spiro atoms. The summed E-state index contributed by atoms with van der Waals surface area (Å²) in [5.41, 5.74) is 1.03. The first-order chi connectivity index (χ1) is 12.4. The van der Waals surface area contributed by atoms with Crippen LogP contribution >= 0.6 is 0 Å². The van der Waals surface area contributed by atoms with Crippen LogP contribution in [-0.2, 0) is 9.59 Å². The Hall–Kier alpha value is -2.30. The van der Waals surface area contributed by atoms with E-state index in [2.05, 4.69) is 6.92 Å². The highest BCUT2D eigenvalue weighted by Gasteiger charge is 2.43. The lowest BCUT2D eigenvalue weighted by molar-refractivity contribution is -0.129. The fraction of sp³-hybridized carbons (Fsp3) is 0.524. The van der Waals surface area contributed by atoms with Crippen LogP contribution in [0.5, 0.6) is 5.75 Å². The number of ether oxygens (including phenoxy) is 1. The van der Waals surface area contributed by atoms with Crippen LogP contribution in [0.25, 0.3) is 0 Å². The van der Waals surface area contributed by atoms with Crippen LogP contribution < -0.4 is 4.74 Å². The van der Waals surface area contributed by atoms with Gasteiger partial charge in [-0.15, -0.1) is 0 Å². The monoisotopic (exact) mass is 359 g/mol. The molecule has 2 rings (SSSR count). The van der Waals surface area contributed by atoms with Gasteiger partial charge < -0.3 is 14.7 Å². The van der Waals surface area contributed by atoms with Gasteiger partial charge in [0.15, 0.2) is 11.5 Å². The molecule has 0 aromatic heterocycles. The highest BCUT2D eigenvalue weighted by atomic mass is 16.5. The van der Waals surface area contributed by atoms with Gasteiger partial charge in [-0.1, -0.05) is 45.7 Å². The Balaban J connectivity index is 2.41. The molecule has 5 nitrogen and oxygen atoms in total. The quantitative estimate of drug-likeness (QED) is 0.671. The molecule has 142 valence electrons. The van der Waals surface area contributed by atoms with Crippen LogP contribution in [0.15, 0.2) is 35.6 Å². The molecule has 26 heavy (non-hydrogen) atoms. The Morgan fingerprint density at radius 1 is 1.19 bits per heavy atom. The number of aliphatic hydroxyl groups excluding tert-OH is 1. The van der Waals surface area contributed by atoms with Crippen molar-refractivity contribution in [3.05, 3.63) is 41.2 Å². The van der Waals surface area contributed by atoms with Crippen molar-refractivity contribution in [1.82, 2.24) is 4.90 Å². The lowest BCUT2D eigenvalue weighted by atomic mass is 9.91. The molecule has 1 aliphatic heterocycles. The number of nitrogens with zero attached hydrogens (tertiary/aromatic N) is 1. The average molecular weight is 359 g/mol. The number of aliphatic hydroxyl groups is 1. The van der Waals surface area contributed by atoms with Crippen LogP contribution in [0.4, 0.5) is 0 Å². The van der Waals surface area contributed by atoms with E-state index in [1.165, 1.54) is 0 Å². The summed E-state index contributed by atoms with van der Waals surface area (Å²) in [7, 11) is 0. The first-order valence-corrected chi connectivity index (χ1v) is 9.43. The molecule has 0 bridgehead atoms. The molecule has 5 heteroatoms. The second-order valence-corrected chi connectivity index (χ2v) is 6.89. The smallest absolute Gasteiger partial charge is 0.290 e. The van der Waals surface area contributed by atoms with Crippen LogP contribution in [0.1, 0.15) is 58.6 Å². The Morgan fingerprint density at radius 2 is 1.85 bits per heavy atom. The van der Waals surface area contributed by atoms with Crippen LogP contribution in [0.2, 0.25) is 0 Å². The second-order valence-electron chi connectivity index (χ2n) is 6.89. The van der Waals surface area contributed by atoms with Crippen molar-refractivity contribution in [1.29, 1.82) is 0 Å². The van der Waals surface area contributed by atoms with Crippen LogP contribution in [-0.4, -0.2) is 34.8 Å². The third-order valence-corrected chi connectivity index (χ3v) is 4.60. The van der Waals surface area contributed by atoms with Crippen molar-refractivity contribution in [2.75, 3.05) is 13.2 Å². The molecule has 1 aromatic rings. The van der Waals surface area contributed by atoms with Gasteiger partial charge in [-0.25, -0.2) is 0 Å². The van der Waals surface area contributed by atoms with E-state index in [1.54, 1.807) is 18.7 Å². The summed E-state index contributed by atoms with van der Waals surface area (Å²) in [6.45, 7) is 8.66. The number of rotatable bonds is 9. The zero-order valence-electron chi connectivity index (χ0n) is 16.1. The van der Waals surface area contributed by atoms with Gasteiger partial charge in [0.05, 0.1) is 18.2 Å². The molecule has 0 saturated heterocycles. The third-order valence-electron chi connectivity index (χ3n) is 4.60. The SMILES string of the molecule is CCCCCN1C(=O)C(O)=C(C(=O)C(C)C)C1c1ccc(OCC)cc1. The molecule has 1 unspecified atom stereocenters. The minimum atomic E-state index is -0.537. The van der Waals surface area contributed by atoms with Gasteiger partial charge in [0.2, 0.25) is 0 Å². The highest BCUT2D eigenvalue weighted by molar-refractivity contribution is 6.09. The fourth-order valence-electron chi connectivity index (χ4n) is 3.24. The minimum Gasteiger partial charge on any atom is -0.503 e. The number of hydrogen-bond donors (Lipinski definition) is 1. The second kappa shape index (κ2) is 8.88. The third kappa shape index (κ3) is 4.09. The van der Waals surface area contributed by atoms with E-state index in [4.69, 9.17) is 4.74 Å². The summed E-state index contributed by atoms with van der Waals surface area (Å²) in [5.74, 6) is -0.598. The van der Waals surface area contributed by atoms with Crippen molar-refractivity contribution in [3.8, 4) is 5.75 Å². The largest absolute Gasteiger partial charge is 0.503 e. The van der Waals surface area contributed by atoms with E-state index in [1.807, 2.05) is 31.2 Å². The standard InChI is InChI=1S/C21H29NO4/c1-5-7-8-13-22-18(15-9-11-16(12-10-15)26-6-2)17(19(23)14(3)4)20(24)21(22)25/h9-12,14,18,24H,5-8,13H2,1-4H3. The fourth-order valence-corrected chi connectivity index (χ4v) is 3.24. The lowest BCUT2D eigenvalue weighted by Crippen LogP contribution is -2.32. The van der Waals surface area contributed by atoms with Gasteiger partial charge in [0, 0.05) is 12.5 Å². The van der Waals surface area contributed by atoms with Gasteiger partial charge in [0.1, 0.15) is 5.75 Å². The average Bonchev–Trinajstić information content (AvgIpc) is 2.87. The number of Topliss-reactive ketones (excluding diaryl/α,β-unsaturated/α-hetero) is 1. The first kappa shape index (κ1) is 20.0. The summed E-state index contributed by atoms with van der Waals surface area (Å²) >= 11 is 0. The van der Waals surface area contributed by atoms with E-state index in [-0.39, 0.29) is 17.3 Å². The molecule has 0 fully saturated rings. The molecule has 1 amide bonds. The summed E-state index contributed by atoms with van der Waals surface area (Å²) < 4.78 is 5.48. The van der Waals surface area contributed by atoms with E-state index in [0.717, 1.165) is 30.6 Å². The number of hydrogen-bond acceptors (Lipinski definition) is 4. The highest BCUT2D eigenvalue weighted by Crippen LogP contribution is 2.39. The summed E-state index contributed by atoms with van der Waals surface area (Å²) in [5, 5.41) is 10.4. The molecule has 1 aromatic carbocycles. The molecule has 1 aliphatic rings. The van der Waals surface area contributed by atoms with Crippen LogP contribution in [0.3, 0.4) is 0 Å². The summed E-state index contributed by atoms with van der Waals surface area (Å²) in [6, 6.07) is 6.86. The minimum absolute atomic E-state index is 0.187. The van der Waals surface area contributed by atoms with Crippen molar-refractivity contribution in [2.24, 2.45) is 5.92 Å². The topological polar surface area (TPSA) is 66.8 Å². The van der Waals surface area contributed by atoms with E-state index < -0.39 is 17.7 Å². The molecule has 0 aliphatic carbocycles. The Bertz CT molecular complexity index is 676. The number of carbonyl (C=O) groups excluding carboxylic acids is 2. The number of ketones is 1. The molecular weight excluding hydrogens is 330 g/mol. The summed E-state index contributed by atoms with van der Waals surface area (Å²) in [6.07, 6.45) is 2.87. The maximum absolute atomic E-state index is 12.7. The maximum Gasteiger partial charge on any atom is 0.290 e. The van der Waals surface area contributed by atoms with E-state index >= 15 is 0 Å². The molecular formula is C21H29NO4. The van der Waals surface area contributed by atoms with Crippen LogP contribution in [0, 0.1) is 5.92 Å². The summed E-state index contributed by atoms with van der Waals surface area (Å²) in [4.78, 5) is 27.0. The van der Waals surface area contributed by atoms with E-state index in [9.17, 15) is 14.7 Å². The van der Waals surface area contributed by atoms with Gasteiger partial charge >= 0.3 is 0 Å². The Kier molecular flexibility index (Phi) is 6.83. The zero-order valence-corrected chi connectivity index (χ0v) is 16.1. The molecule has 0 saturated carbocycles.